The number of hydroxylamine groups is 2. The van der Waals surface area contributed by atoms with Crippen molar-refractivity contribution in [2.45, 2.75) is 39.7 Å². The fraction of sp³-hybridized carbons (Fsp3) is 0.750. The second-order valence-electron chi connectivity index (χ2n) is 3.41. The molecule has 0 aliphatic carbocycles. The smallest absolute Gasteiger partial charge is 0.312 e. The van der Waals surface area contributed by atoms with Gasteiger partial charge in [-0.05, 0) is 26.0 Å². The van der Waals surface area contributed by atoms with Gasteiger partial charge in [0.05, 0.1) is 5.60 Å². The van der Waals surface area contributed by atoms with E-state index in [-0.39, 0.29) is 6.42 Å². The Bertz CT molecular complexity index is 185. The van der Waals surface area contributed by atoms with Crippen LogP contribution in [0.1, 0.15) is 34.1 Å². The van der Waals surface area contributed by atoms with Crippen LogP contribution in [-0.4, -0.2) is 23.2 Å². The predicted molar refractivity (Wildman–Crippen MR) is 45.1 cm³/mol. The van der Waals surface area contributed by atoms with Gasteiger partial charge in [-0.2, -0.15) is 0 Å². The van der Waals surface area contributed by atoms with Gasteiger partial charge < -0.3 is 4.84 Å². The van der Waals surface area contributed by atoms with Crippen molar-refractivity contribution in [1.29, 1.82) is 0 Å². The molecule has 0 aromatic carbocycles. The van der Waals surface area contributed by atoms with Crippen molar-refractivity contribution in [1.82, 2.24) is 5.23 Å². The third kappa shape index (κ3) is 6.10. The van der Waals surface area contributed by atoms with Gasteiger partial charge in [-0.1, -0.05) is 6.92 Å². The predicted octanol–water partition coefficient (Wildman–Crippen LogP) is 1.04. The summed E-state index contributed by atoms with van der Waals surface area (Å²) in [6.07, 6.45) is 0.497. The molecule has 0 fully saturated rings. The maximum atomic E-state index is 10.8. The van der Waals surface area contributed by atoms with Crippen molar-refractivity contribution in [3.8, 4) is 0 Å². The summed E-state index contributed by atoms with van der Waals surface area (Å²) < 4.78 is 0. The van der Waals surface area contributed by atoms with E-state index in [1.807, 2.05) is 0 Å². The molecule has 5 nitrogen and oxygen atoms in total. The molecule has 0 saturated carbocycles. The number of carbonyl (C=O) groups excluding carboxylic acids is 2. The van der Waals surface area contributed by atoms with E-state index in [0.717, 1.165) is 0 Å². The minimum absolute atomic E-state index is 0.192. The van der Waals surface area contributed by atoms with E-state index in [0.29, 0.717) is 11.6 Å². The average molecular weight is 189 g/mol. The standard InChI is InChI=1S/C8H15NO4/c1-5-7(11)12-9(6-10)13-8(2,3)4/h6H,5H2,1-4H3. The lowest BCUT2D eigenvalue weighted by atomic mass is 10.2. The van der Waals surface area contributed by atoms with Crippen LogP contribution < -0.4 is 0 Å². The molecule has 0 aliphatic heterocycles. The first-order valence-corrected chi connectivity index (χ1v) is 4.03. The Kier molecular flexibility index (Phi) is 4.40. The van der Waals surface area contributed by atoms with Gasteiger partial charge in [0.1, 0.15) is 0 Å². The summed E-state index contributed by atoms with van der Waals surface area (Å²) in [5.41, 5.74) is -0.574. The Morgan fingerprint density at radius 1 is 1.46 bits per heavy atom. The van der Waals surface area contributed by atoms with Crippen molar-refractivity contribution < 1.29 is 19.3 Å². The first-order chi connectivity index (χ1) is 5.89. The van der Waals surface area contributed by atoms with Gasteiger partial charge >= 0.3 is 5.97 Å². The first kappa shape index (κ1) is 11.9. The van der Waals surface area contributed by atoms with Crippen molar-refractivity contribution in [3.63, 3.8) is 0 Å². The molecule has 1 amide bonds. The summed E-state index contributed by atoms with van der Waals surface area (Å²) in [7, 11) is 0. The SMILES string of the molecule is CCC(=O)ON(C=O)OC(C)(C)C. The topological polar surface area (TPSA) is 55.8 Å². The van der Waals surface area contributed by atoms with Crippen LogP contribution in [0.4, 0.5) is 0 Å². The first-order valence-electron chi connectivity index (χ1n) is 4.03. The number of nitrogens with zero attached hydrogens (tertiary/aromatic N) is 1. The van der Waals surface area contributed by atoms with Crippen LogP contribution in [0.25, 0.3) is 0 Å². The summed E-state index contributed by atoms with van der Waals surface area (Å²) in [6.45, 7) is 6.85. The fourth-order valence-electron chi connectivity index (χ4n) is 0.496. The zero-order chi connectivity index (χ0) is 10.5. The van der Waals surface area contributed by atoms with E-state index in [4.69, 9.17) is 4.84 Å². The van der Waals surface area contributed by atoms with Crippen LogP contribution in [0, 0.1) is 0 Å². The third-order valence-electron chi connectivity index (χ3n) is 0.930. The molecule has 0 spiro atoms. The zero-order valence-electron chi connectivity index (χ0n) is 8.36. The minimum atomic E-state index is -0.574. The molecular weight excluding hydrogens is 174 g/mol. The van der Waals surface area contributed by atoms with Crippen molar-refractivity contribution in [2.75, 3.05) is 0 Å². The van der Waals surface area contributed by atoms with Crippen molar-refractivity contribution in [2.24, 2.45) is 0 Å². The van der Waals surface area contributed by atoms with E-state index in [9.17, 15) is 9.59 Å². The molecule has 0 heterocycles. The van der Waals surface area contributed by atoms with Crippen molar-refractivity contribution >= 4 is 12.4 Å². The molecule has 0 aromatic heterocycles. The molecule has 0 aliphatic rings. The molecule has 0 aromatic rings. The van der Waals surface area contributed by atoms with Crippen LogP contribution in [-0.2, 0) is 19.3 Å². The highest BCUT2D eigenvalue weighted by Crippen LogP contribution is 2.09. The number of hydrogen-bond donors (Lipinski definition) is 0. The lowest BCUT2D eigenvalue weighted by Crippen LogP contribution is -2.34. The Morgan fingerprint density at radius 3 is 2.31 bits per heavy atom. The van der Waals surface area contributed by atoms with E-state index < -0.39 is 11.6 Å². The van der Waals surface area contributed by atoms with Crippen LogP contribution in [0.15, 0.2) is 0 Å². The Morgan fingerprint density at radius 2 is 2.00 bits per heavy atom. The highest BCUT2D eigenvalue weighted by atomic mass is 17.0. The Hall–Kier alpha value is -1.10. The number of hydrogen-bond acceptors (Lipinski definition) is 4. The maximum absolute atomic E-state index is 10.8. The normalized spacial score (nSPS) is 10.8. The van der Waals surface area contributed by atoms with Crippen LogP contribution >= 0.6 is 0 Å². The molecule has 0 unspecified atom stereocenters. The average Bonchev–Trinajstić information content (AvgIpc) is 2.00. The number of rotatable bonds is 4. The van der Waals surface area contributed by atoms with E-state index in [2.05, 4.69) is 4.84 Å². The molecule has 0 atom stereocenters. The molecule has 0 saturated heterocycles. The Labute approximate surface area is 77.5 Å². The molecule has 5 heteroatoms. The zero-order valence-corrected chi connectivity index (χ0v) is 8.36. The quantitative estimate of drug-likeness (QED) is 0.490. The van der Waals surface area contributed by atoms with Crippen LogP contribution in [0.3, 0.4) is 0 Å². The molecule has 13 heavy (non-hydrogen) atoms. The van der Waals surface area contributed by atoms with Gasteiger partial charge in [0, 0.05) is 6.42 Å². The highest BCUT2D eigenvalue weighted by Gasteiger charge is 2.18. The molecule has 0 rings (SSSR count). The summed E-state index contributed by atoms with van der Waals surface area (Å²) in [4.78, 5) is 30.6. The van der Waals surface area contributed by atoms with Crippen molar-refractivity contribution in [3.05, 3.63) is 0 Å². The summed E-state index contributed by atoms with van der Waals surface area (Å²) >= 11 is 0. The van der Waals surface area contributed by atoms with E-state index >= 15 is 0 Å². The largest absolute Gasteiger partial charge is 0.335 e. The molecular formula is C8H15NO4. The highest BCUT2D eigenvalue weighted by molar-refractivity contribution is 5.69. The summed E-state index contributed by atoms with van der Waals surface area (Å²) in [6, 6.07) is 0. The van der Waals surface area contributed by atoms with Gasteiger partial charge in [-0.15, -0.1) is 0 Å². The third-order valence-corrected chi connectivity index (χ3v) is 0.930. The molecule has 0 N–H and O–H groups in total. The van der Waals surface area contributed by atoms with Gasteiger partial charge in [-0.25, -0.2) is 9.63 Å². The van der Waals surface area contributed by atoms with Gasteiger partial charge in [0.15, 0.2) is 0 Å². The number of amides is 1. The monoisotopic (exact) mass is 189 g/mol. The second-order valence-corrected chi connectivity index (χ2v) is 3.41. The minimum Gasteiger partial charge on any atom is -0.312 e. The van der Waals surface area contributed by atoms with Gasteiger partial charge in [-0.3, -0.25) is 4.79 Å². The van der Waals surface area contributed by atoms with E-state index in [1.54, 1.807) is 27.7 Å². The number of carbonyl (C=O) groups is 2. The Balaban J connectivity index is 4.04. The van der Waals surface area contributed by atoms with Crippen LogP contribution in [0.2, 0.25) is 0 Å². The molecule has 0 radical (unpaired) electrons. The molecule has 0 bridgehead atoms. The summed E-state index contributed by atoms with van der Waals surface area (Å²) in [5, 5.41) is 0.534. The fourth-order valence-corrected chi connectivity index (χ4v) is 0.496. The lowest BCUT2D eigenvalue weighted by Gasteiger charge is -2.24. The van der Waals surface area contributed by atoms with E-state index in [1.165, 1.54) is 0 Å². The van der Waals surface area contributed by atoms with Gasteiger partial charge in [0.2, 0.25) is 0 Å². The molecule has 76 valence electrons. The lowest BCUT2D eigenvalue weighted by molar-refractivity contribution is -0.348. The maximum Gasteiger partial charge on any atom is 0.335 e. The van der Waals surface area contributed by atoms with Gasteiger partial charge in [0.25, 0.3) is 6.41 Å². The summed E-state index contributed by atoms with van der Waals surface area (Å²) in [5.74, 6) is -0.517. The van der Waals surface area contributed by atoms with Crippen LogP contribution in [0.5, 0.6) is 0 Å². The second kappa shape index (κ2) is 4.81.